The quantitative estimate of drug-likeness (QED) is 0.844. The number of aliphatic hydroxyl groups is 1. The van der Waals surface area contributed by atoms with E-state index in [1.165, 1.54) is 4.70 Å². The summed E-state index contributed by atoms with van der Waals surface area (Å²) in [5.41, 5.74) is 0.973. The van der Waals surface area contributed by atoms with E-state index in [2.05, 4.69) is 31.9 Å². The van der Waals surface area contributed by atoms with Crippen LogP contribution in [0.3, 0.4) is 0 Å². The van der Waals surface area contributed by atoms with E-state index < -0.39 is 0 Å². The summed E-state index contributed by atoms with van der Waals surface area (Å²) in [5, 5.41) is 10.3. The van der Waals surface area contributed by atoms with Gasteiger partial charge >= 0.3 is 0 Å². The second kappa shape index (κ2) is 3.69. The molecule has 4 heteroatoms. The summed E-state index contributed by atoms with van der Waals surface area (Å²) < 4.78 is 3.25. The van der Waals surface area contributed by atoms with Crippen molar-refractivity contribution in [3.63, 3.8) is 0 Å². The Morgan fingerprint density at radius 2 is 2.08 bits per heavy atom. The Bertz CT molecular complexity index is 450. The molecule has 0 saturated carbocycles. The smallest absolute Gasteiger partial charge is 0.0766 e. The van der Waals surface area contributed by atoms with E-state index in [9.17, 15) is 0 Å². The molecule has 0 aliphatic heterocycles. The Morgan fingerprint density at radius 3 is 2.77 bits per heavy atom. The highest BCUT2D eigenvalue weighted by Gasteiger charge is 2.08. The largest absolute Gasteiger partial charge is 0.392 e. The molecule has 2 aromatic rings. The van der Waals surface area contributed by atoms with E-state index in [0.717, 1.165) is 19.2 Å². The van der Waals surface area contributed by atoms with Crippen LogP contribution >= 0.6 is 43.2 Å². The number of benzene rings is 1. The lowest BCUT2D eigenvalue weighted by Gasteiger charge is -1.94. The van der Waals surface area contributed by atoms with Gasteiger partial charge < -0.3 is 5.11 Å². The van der Waals surface area contributed by atoms with Gasteiger partial charge in [-0.25, -0.2) is 0 Å². The Labute approximate surface area is 96.6 Å². The predicted octanol–water partition coefficient (Wildman–Crippen LogP) is 3.92. The molecule has 0 unspecified atom stereocenters. The van der Waals surface area contributed by atoms with E-state index in [1.807, 2.05) is 18.2 Å². The summed E-state index contributed by atoms with van der Waals surface area (Å²) in [5.74, 6) is 0. The zero-order valence-corrected chi connectivity index (χ0v) is 10.5. The summed E-state index contributed by atoms with van der Waals surface area (Å²) >= 11 is 8.50. The third-order valence-electron chi connectivity index (χ3n) is 1.86. The molecule has 1 N–H and O–H groups in total. The Kier molecular flexibility index (Phi) is 2.74. The molecule has 0 spiro atoms. The number of aliphatic hydroxyl groups excluding tert-OH is 1. The molecule has 0 saturated heterocycles. The van der Waals surface area contributed by atoms with Crippen LogP contribution in [0.1, 0.15) is 5.56 Å². The standard InChI is InChI=1S/C9H6Br2OS/c10-5-1-2-8-6(3-5)7(4-12)9(11)13-8/h1-3,12H,4H2. The number of thiophene rings is 1. The predicted molar refractivity (Wildman–Crippen MR) is 63.1 cm³/mol. The molecule has 1 aromatic heterocycles. The first-order chi connectivity index (χ1) is 6.22. The molecule has 0 amide bonds. The molecule has 0 radical (unpaired) electrons. The van der Waals surface area contributed by atoms with Crippen LogP contribution in [0.2, 0.25) is 0 Å². The molecular formula is C9H6Br2OS. The highest BCUT2D eigenvalue weighted by molar-refractivity contribution is 9.11. The van der Waals surface area contributed by atoms with Gasteiger partial charge in [-0.3, -0.25) is 0 Å². The third-order valence-corrected chi connectivity index (χ3v) is 4.32. The number of hydrogen-bond donors (Lipinski definition) is 1. The first-order valence-electron chi connectivity index (χ1n) is 3.69. The van der Waals surface area contributed by atoms with E-state index in [4.69, 9.17) is 5.11 Å². The SMILES string of the molecule is OCc1c(Br)sc2ccc(Br)cc12. The van der Waals surface area contributed by atoms with Crippen molar-refractivity contribution < 1.29 is 5.11 Å². The fourth-order valence-corrected chi connectivity index (χ4v) is 3.38. The zero-order chi connectivity index (χ0) is 9.42. The summed E-state index contributed by atoms with van der Waals surface area (Å²) in [4.78, 5) is 0. The lowest BCUT2D eigenvalue weighted by atomic mass is 10.2. The number of halogens is 2. The van der Waals surface area contributed by atoms with Gasteiger partial charge in [0.05, 0.1) is 10.4 Å². The van der Waals surface area contributed by atoms with Crippen LogP contribution in [0.25, 0.3) is 10.1 Å². The summed E-state index contributed by atoms with van der Waals surface area (Å²) in [6.45, 7) is 0.0804. The fourth-order valence-electron chi connectivity index (χ4n) is 1.24. The molecule has 13 heavy (non-hydrogen) atoms. The average molecular weight is 322 g/mol. The van der Waals surface area contributed by atoms with Crippen molar-refractivity contribution in [2.45, 2.75) is 6.61 Å². The average Bonchev–Trinajstić information content (AvgIpc) is 2.40. The van der Waals surface area contributed by atoms with Gasteiger partial charge in [0.2, 0.25) is 0 Å². The van der Waals surface area contributed by atoms with Crippen molar-refractivity contribution in [3.05, 3.63) is 32.0 Å². The van der Waals surface area contributed by atoms with Gasteiger partial charge in [-0.1, -0.05) is 15.9 Å². The highest BCUT2D eigenvalue weighted by atomic mass is 79.9. The van der Waals surface area contributed by atoms with E-state index in [-0.39, 0.29) is 6.61 Å². The first-order valence-corrected chi connectivity index (χ1v) is 6.10. The van der Waals surface area contributed by atoms with Crippen LogP contribution in [0.4, 0.5) is 0 Å². The molecule has 68 valence electrons. The molecule has 1 aromatic carbocycles. The molecule has 0 fully saturated rings. The first kappa shape index (κ1) is 9.65. The van der Waals surface area contributed by atoms with Crippen LogP contribution < -0.4 is 0 Å². The molecular weight excluding hydrogens is 316 g/mol. The van der Waals surface area contributed by atoms with Gasteiger partial charge in [0.25, 0.3) is 0 Å². The second-order valence-corrected chi connectivity index (χ2v) is 5.94. The normalized spacial score (nSPS) is 11.0. The Morgan fingerprint density at radius 1 is 1.31 bits per heavy atom. The van der Waals surface area contributed by atoms with Crippen LogP contribution in [0, 0.1) is 0 Å². The van der Waals surface area contributed by atoms with Crippen molar-refractivity contribution in [2.75, 3.05) is 0 Å². The molecule has 2 rings (SSSR count). The van der Waals surface area contributed by atoms with Crippen molar-refractivity contribution >= 4 is 53.3 Å². The van der Waals surface area contributed by atoms with Crippen molar-refractivity contribution in [3.8, 4) is 0 Å². The summed E-state index contributed by atoms with van der Waals surface area (Å²) in [6.07, 6.45) is 0. The maximum Gasteiger partial charge on any atom is 0.0766 e. The van der Waals surface area contributed by atoms with Crippen LogP contribution in [-0.2, 0) is 6.61 Å². The van der Waals surface area contributed by atoms with Crippen molar-refractivity contribution in [1.29, 1.82) is 0 Å². The number of fused-ring (bicyclic) bond motifs is 1. The van der Waals surface area contributed by atoms with Gasteiger partial charge in [0.15, 0.2) is 0 Å². The topological polar surface area (TPSA) is 20.2 Å². The van der Waals surface area contributed by atoms with Gasteiger partial charge in [0.1, 0.15) is 0 Å². The highest BCUT2D eigenvalue weighted by Crippen LogP contribution is 2.36. The van der Waals surface area contributed by atoms with Gasteiger partial charge in [-0.2, -0.15) is 0 Å². The fraction of sp³-hybridized carbons (Fsp3) is 0.111. The van der Waals surface area contributed by atoms with Gasteiger partial charge in [-0.15, -0.1) is 11.3 Å². The summed E-state index contributed by atoms with van der Waals surface area (Å²) in [6, 6.07) is 6.09. The molecule has 0 aliphatic carbocycles. The molecule has 0 atom stereocenters. The minimum absolute atomic E-state index is 0.0804. The number of hydrogen-bond acceptors (Lipinski definition) is 2. The minimum atomic E-state index is 0.0804. The molecule has 0 aliphatic rings. The van der Waals surface area contributed by atoms with Gasteiger partial charge in [0, 0.05) is 20.1 Å². The lowest BCUT2D eigenvalue weighted by molar-refractivity contribution is 0.283. The molecule has 1 nitrogen and oxygen atoms in total. The van der Waals surface area contributed by atoms with E-state index >= 15 is 0 Å². The van der Waals surface area contributed by atoms with E-state index in [0.29, 0.717) is 0 Å². The maximum atomic E-state index is 9.16. The second-order valence-electron chi connectivity index (χ2n) is 2.65. The van der Waals surface area contributed by atoms with Crippen molar-refractivity contribution in [1.82, 2.24) is 0 Å². The lowest BCUT2D eigenvalue weighted by Crippen LogP contribution is -1.79. The third kappa shape index (κ3) is 1.68. The van der Waals surface area contributed by atoms with Crippen LogP contribution in [-0.4, -0.2) is 5.11 Å². The van der Waals surface area contributed by atoms with Crippen molar-refractivity contribution in [2.24, 2.45) is 0 Å². The number of rotatable bonds is 1. The monoisotopic (exact) mass is 320 g/mol. The van der Waals surface area contributed by atoms with Crippen LogP contribution in [0.15, 0.2) is 26.5 Å². The van der Waals surface area contributed by atoms with Crippen LogP contribution in [0.5, 0.6) is 0 Å². The Balaban J connectivity index is 2.80. The zero-order valence-electron chi connectivity index (χ0n) is 6.55. The summed E-state index contributed by atoms with van der Waals surface area (Å²) in [7, 11) is 0. The Hall–Kier alpha value is 0.1000. The molecule has 0 bridgehead atoms. The van der Waals surface area contributed by atoms with E-state index in [1.54, 1.807) is 11.3 Å². The minimum Gasteiger partial charge on any atom is -0.392 e. The van der Waals surface area contributed by atoms with Gasteiger partial charge in [-0.05, 0) is 34.1 Å². The molecule has 1 heterocycles. The maximum absolute atomic E-state index is 9.16.